The smallest absolute Gasteiger partial charge is 0.0574 e. The molecule has 2 heteroatoms. The van der Waals surface area contributed by atoms with Crippen LogP contribution in [0, 0.1) is 0 Å². The van der Waals surface area contributed by atoms with Crippen LogP contribution in [0.3, 0.4) is 0 Å². The zero-order valence-corrected chi connectivity index (χ0v) is 6.42. The summed E-state index contributed by atoms with van der Waals surface area (Å²) >= 11 is 0. The Morgan fingerprint density at radius 1 is 1.10 bits per heavy atom. The average molecular weight is 140 g/mol. The minimum Gasteiger partial charge on any atom is -0.316 e. The fourth-order valence-corrected chi connectivity index (χ4v) is 1.84. The second-order valence-electron chi connectivity index (χ2n) is 3.53. The van der Waals surface area contributed by atoms with E-state index in [2.05, 4.69) is 4.90 Å². The van der Waals surface area contributed by atoms with E-state index in [4.69, 9.17) is 5.73 Å². The molecule has 58 valence electrons. The van der Waals surface area contributed by atoms with Crippen molar-refractivity contribution < 1.29 is 0 Å². The fraction of sp³-hybridized carbons (Fsp3) is 1.00. The van der Waals surface area contributed by atoms with Crippen molar-refractivity contribution in [1.29, 1.82) is 0 Å². The van der Waals surface area contributed by atoms with E-state index in [1.165, 1.54) is 38.6 Å². The van der Waals surface area contributed by atoms with Gasteiger partial charge in [0, 0.05) is 6.04 Å². The highest BCUT2D eigenvalue weighted by Gasteiger charge is 2.33. The van der Waals surface area contributed by atoms with Gasteiger partial charge in [-0.3, -0.25) is 4.90 Å². The lowest BCUT2D eigenvalue weighted by Crippen LogP contribution is -2.46. The third-order valence-corrected chi connectivity index (χ3v) is 2.61. The second kappa shape index (κ2) is 2.51. The summed E-state index contributed by atoms with van der Waals surface area (Å²) in [6.07, 6.45) is 7.10. The van der Waals surface area contributed by atoms with Crippen LogP contribution in [0.5, 0.6) is 0 Å². The van der Waals surface area contributed by atoms with E-state index < -0.39 is 0 Å². The molecule has 1 saturated carbocycles. The van der Waals surface area contributed by atoms with Gasteiger partial charge in [0.15, 0.2) is 0 Å². The van der Waals surface area contributed by atoms with Crippen molar-refractivity contribution in [3.05, 3.63) is 0 Å². The first-order valence-electron chi connectivity index (χ1n) is 4.39. The molecule has 1 unspecified atom stereocenters. The van der Waals surface area contributed by atoms with Gasteiger partial charge in [0.1, 0.15) is 0 Å². The van der Waals surface area contributed by atoms with Crippen molar-refractivity contribution in [2.75, 3.05) is 6.54 Å². The van der Waals surface area contributed by atoms with Crippen LogP contribution in [-0.4, -0.2) is 23.7 Å². The monoisotopic (exact) mass is 140 g/mol. The van der Waals surface area contributed by atoms with E-state index in [1.807, 2.05) is 0 Å². The van der Waals surface area contributed by atoms with Crippen molar-refractivity contribution in [2.45, 2.75) is 44.3 Å². The summed E-state index contributed by atoms with van der Waals surface area (Å²) in [7, 11) is 0. The quantitative estimate of drug-likeness (QED) is 0.587. The first-order valence-corrected chi connectivity index (χ1v) is 4.39. The number of rotatable bonds is 1. The SMILES string of the molecule is NC1CCCCN1C1CC1. The largest absolute Gasteiger partial charge is 0.316 e. The van der Waals surface area contributed by atoms with E-state index in [0.29, 0.717) is 6.17 Å². The summed E-state index contributed by atoms with van der Waals surface area (Å²) in [4.78, 5) is 2.49. The maximum Gasteiger partial charge on any atom is 0.0574 e. The van der Waals surface area contributed by atoms with Crippen molar-refractivity contribution in [2.24, 2.45) is 5.73 Å². The van der Waals surface area contributed by atoms with Gasteiger partial charge in [-0.2, -0.15) is 0 Å². The predicted octanol–water partition coefficient (Wildman–Crippen LogP) is 0.919. The van der Waals surface area contributed by atoms with Crippen LogP contribution in [0.1, 0.15) is 32.1 Å². The van der Waals surface area contributed by atoms with Crippen LogP contribution in [0.2, 0.25) is 0 Å². The Morgan fingerprint density at radius 2 is 1.90 bits per heavy atom. The number of nitrogens with two attached hydrogens (primary N) is 1. The number of hydrogen-bond donors (Lipinski definition) is 1. The molecule has 0 amide bonds. The van der Waals surface area contributed by atoms with Crippen molar-refractivity contribution >= 4 is 0 Å². The summed E-state index contributed by atoms with van der Waals surface area (Å²) in [6.45, 7) is 1.26. The molecular formula is C8H16N2. The summed E-state index contributed by atoms with van der Waals surface area (Å²) in [5.41, 5.74) is 5.95. The maximum absolute atomic E-state index is 5.95. The van der Waals surface area contributed by atoms with E-state index in [-0.39, 0.29) is 0 Å². The molecular weight excluding hydrogens is 124 g/mol. The molecule has 0 aromatic rings. The van der Waals surface area contributed by atoms with Gasteiger partial charge in [-0.15, -0.1) is 0 Å². The van der Waals surface area contributed by atoms with E-state index in [9.17, 15) is 0 Å². The zero-order valence-electron chi connectivity index (χ0n) is 6.42. The lowest BCUT2D eigenvalue weighted by molar-refractivity contribution is 0.143. The molecule has 1 atom stereocenters. The first kappa shape index (κ1) is 6.62. The molecule has 2 rings (SSSR count). The minimum absolute atomic E-state index is 0.390. The Labute approximate surface area is 62.4 Å². The van der Waals surface area contributed by atoms with Crippen LogP contribution in [0.4, 0.5) is 0 Å². The van der Waals surface area contributed by atoms with Crippen LogP contribution < -0.4 is 5.73 Å². The van der Waals surface area contributed by atoms with Gasteiger partial charge in [-0.05, 0) is 38.6 Å². The van der Waals surface area contributed by atoms with Crippen LogP contribution in [0.15, 0.2) is 0 Å². The normalized spacial score (nSPS) is 36.3. The molecule has 0 aromatic heterocycles. The molecule has 2 fully saturated rings. The maximum atomic E-state index is 5.95. The van der Waals surface area contributed by atoms with Crippen molar-refractivity contribution in [3.8, 4) is 0 Å². The molecule has 2 aliphatic rings. The molecule has 1 aliphatic carbocycles. The zero-order chi connectivity index (χ0) is 6.97. The fourth-order valence-electron chi connectivity index (χ4n) is 1.84. The Morgan fingerprint density at radius 3 is 2.50 bits per heavy atom. The lowest BCUT2D eigenvalue weighted by Gasteiger charge is -2.32. The number of piperidine rings is 1. The van der Waals surface area contributed by atoms with Gasteiger partial charge < -0.3 is 5.73 Å². The summed E-state index contributed by atoms with van der Waals surface area (Å²) in [5, 5.41) is 0. The minimum atomic E-state index is 0.390. The summed E-state index contributed by atoms with van der Waals surface area (Å²) < 4.78 is 0. The molecule has 1 heterocycles. The predicted molar refractivity (Wildman–Crippen MR) is 41.6 cm³/mol. The molecule has 2 nitrogen and oxygen atoms in total. The van der Waals surface area contributed by atoms with Crippen molar-refractivity contribution in [3.63, 3.8) is 0 Å². The summed E-state index contributed by atoms with van der Waals surface area (Å²) in [5.74, 6) is 0. The molecule has 0 aromatic carbocycles. The van der Waals surface area contributed by atoms with Crippen LogP contribution in [-0.2, 0) is 0 Å². The van der Waals surface area contributed by atoms with Gasteiger partial charge in [0.2, 0.25) is 0 Å². The van der Waals surface area contributed by atoms with Gasteiger partial charge in [0.25, 0.3) is 0 Å². The Hall–Kier alpha value is -0.0800. The number of nitrogens with zero attached hydrogens (tertiary/aromatic N) is 1. The van der Waals surface area contributed by atoms with Crippen molar-refractivity contribution in [1.82, 2.24) is 4.90 Å². The molecule has 0 spiro atoms. The van der Waals surface area contributed by atoms with Gasteiger partial charge >= 0.3 is 0 Å². The molecule has 0 radical (unpaired) electrons. The van der Waals surface area contributed by atoms with Gasteiger partial charge in [-0.1, -0.05) is 0 Å². The average Bonchev–Trinajstić information content (AvgIpc) is 2.71. The summed E-state index contributed by atoms with van der Waals surface area (Å²) in [6, 6.07) is 0.871. The van der Waals surface area contributed by atoms with Gasteiger partial charge in [0.05, 0.1) is 6.17 Å². The van der Waals surface area contributed by atoms with E-state index >= 15 is 0 Å². The van der Waals surface area contributed by atoms with Crippen LogP contribution >= 0.6 is 0 Å². The van der Waals surface area contributed by atoms with Gasteiger partial charge in [-0.25, -0.2) is 0 Å². The Kier molecular flexibility index (Phi) is 1.66. The molecule has 1 saturated heterocycles. The molecule has 10 heavy (non-hydrogen) atoms. The molecule has 0 bridgehead atoms. The van der Waals surface area contributed by atoms with E-state index in [0.717, 1.165) is 6.04 Å². The number of likely N-dealkylation sites (tertiary alicyclic amines) is 1. The third-order valence-electron chi connectivity index (χ3n) is 2.61. The lowest BCUT2D eigenvalue weighted by atomic mass is 10.1. The highest BCUT2D eigenvalue weighted by molar-refractivity contribution is 4.88. The highest BCUT2D eigenvalue weighted by atomic mass is 15.3. The standard InChI is InChI=1S/C8H16N2/c9-8-3-1-2-6-10(8)7-4-5-7/h7-8H,1-6,9H2. The molecule has 1 aliphatic heterocycles. The second-order valence-corrected chi connectivity index (χ2v) is 3.53. The first-order chi connectivity index (χ1) is 4.88. The molecule has 2 N–H and O–H groups in total. The Bertz CT molecular complexity index is 120. The number of hydrogen-bond acceptors (Lipinski definition) is 2. The third kappa shape index (κ3) is 1.18. The van der Waals surface area contributed by atoms with Crippen LogP contribution in [0.25, 0.3) is 0 Å². The van der Waals surface area contributed by atoms with E-state index in [1.54, 1.807) is 0 Å². The Balaban J connectivity index is 1.90. The highest BCUT2D eigenvalue weighted by Crippen LogP contribution is 2.30. The topological polar surface area (TPSA) is 29.3 Å².